The maximum atomic E-state index is 11.0. The van der Waals surface area contributed by atoms with Crippen molar-refractivity contribution in [3.05, 3.63) is 35.9 Å². The Morgan fingerprint density at radius 2 is 2.00 bits per heavy atom. The van der Waals surface area contributed by atoms with E-state index in [9.17, 15) is 15.0 Å². The van der Waals surface area contributed by atoms with Crippen molar-refractivity contribution in [2.24, 2.45) is 5.73 Å². The summed E-state index contributed by atoms with van der Waals surface area (Å²) in [4.78, 5) is 11.0. The molecule has 0 spiro atoms. The number of hydrogen-bond donors (Lipinski definition) is 3. The molecule has 18 heavy (non-hydrogen) atoms. The number of nitrogens with two attached hydrogens (primary N) is 1. The molecule has 4 N–H and O–H groups in total. The fourth-order valence-corrected chi connectivity index (χ4v) is 2.00. The minimum atomic E-state index is -1.77. The van der Waals surface area contributed by atoms with Gasteiger partial charge in [-0.1, -0.05) is 0 Å². The van der Waals surface area contributed by atoms with Gasteiger partial charge in [-0.3, -0.25) is 9.36 Å². The number of nitrogens with zero attached hydrogens (tertiary/aromatic N) is 1. The van der Waals surface area contributed by atoms with Crippen LogP contribution in [0.25, 0.3) is 5.69 Å². The molecule has 0 aliphatic rings. The summed E-state index contributed by atoms with van der Waals surface area (Å²) in [6, 6.07) is 7.23. The van der Waals surface area contributed by atoms with Crippen LogP contribution in [-0.4, -0.2) is 29.5 Å². The average molecular weight is 261 g/mol. The van der Waals surface area contributed by atoms with Crippen LogP contribution in [0.15, 0.2) is 30.3 Å². The second-order valence-electron chi connectivity index (χ2n) is 3.59. The van der Waals surface area contributed by atoms with E-state index in [-0.39, 0.29) is 17.1 Å². The standard InChI is InChI=1S/C11H10BN2O3P/c12-18-8-5-9(15)14(11(8)17)7-3-1-6(2-4-7)10(13)16/h1-5,15,17-18H,(H2,13,16)/i18D. The predicted octanol–water partition coefficient (Wildman–Crippen LogP) is 0.375. The van der Waals surface area contributed by atoms with Gasteiger partial charge in [0.05, 0.1) is 6.97 Å². The summed E-state index contributed by atoms with van der Waals surface area (Å²) in [6.07, 6.45) is 0. The van der Waals surface area contributed by atoms with E-state index in [1.54, 1.807) is 0 Å². The summed E-state index contributed by atoms with van der Waals surface area (Å²) in [5.41, 5.74) is 5.87. The van der Waals surface area contributed by atoms with Gasteiger partial charge in [0.15, 0.2) is 5.88 Å². The highest BCUT2D eigenvalue weighted by atomic mass is 31.1. The van der Waals surface area contributed by atoms with Gasteiger partial charge in [-0.15, -0.1) is 8.40 Å². The van der Waals surface area contributed by atoms with E-state index in [0.717, 1.165) is 4.57 Å². The molecule has 0 aliphatic heterocycles. The number of aromatic nitrogens is 1. The Hall–Kier alpha value is -1.94. The van der Waals surface area contributed by atoms with Gasteiger partial charge in [-0.05, 0) is 24.3 Å². The Morgan fingerprint density at radius 3 is 2.44 bits per heavy atom. The topological polar surface area (TPSA) is 88.5 Å². The summed E-state index contributed by atoms with van der Waals surface area (Å²) in [7, 11) is 3.65. The second-order valence-corrected chi connectivity index (χ2v) is 4.33. The summed E-state index contributed by atoms with van der Waals surface area (Å²) in [6.45, 7) is 0. The van der Waals surface area contributed by atoms with Crippen LogP contribution in [0.3, 0.4) is 0 Å². The van der Waals surface area contributed by atoms with Crippen molar-refractivity contribution in [3.8, 4) is 17.4 Å². The second kappa shape index (κ2) is 4.74. The quantitative estimate of drug-likeness (QED) is 0.551. The minimum absolute atomic E-state index is 0.173. The highest BCUT2D eigenvalue weighted by molar-refractivity contribution is 7.73. The SMILES string of the molecule is [2H]P([B])c1cc(O)n(-c2ccc(C(N)=O)cc2)c1O. The molecule has 0 saturated carbocycles. The van der Waals surface area contributed by atoms with Crippen molar-refractivity contribution in [2.75, 3.05) is 0 Å². The molecule has 0 saturated heterocycles. The number of aromatic hydroxyl groups is 2. The Kier molecular flexibility index (Phi) is 2.94. The van der Waals surface area contributed by atoms with E-state index in [2.05, 4.69) is 0 Å². The molecule has 1 heterocycles. The summed E-state index contributed by atoms with van der Waals surface area (Å²) in [5, 5.41) is 19.9. The molecule has 0 bridgehead atoms. The third kappa shape index (κ3) is 2.07. The third-order valence-corrected chi connectivity index (χ3v) is 3.09. The zero-order valence-electron chi connectivity index (χ0n) is 10.2. The first-order valence-electron chi connectivity index (χ1n) is 5.44. The summed E-state index contributed by atoms with van der Waals surface area (Å²) in [5.74, 6) is -1.08. The normalized spacial score (nSPS) is 13.0. The van der Waals surface area contributed by atoms with Gasteiger partial charge in [0.2, 0.25) is 11.8 Å². The molecule has 7 heteroatoms. The van der Waals surface area contributed by atoms with E-state index in [1.807, 2.05) is 0 Å². The van der Waals surface area contributed by atoms with Crippen LogP contribution in [0.1, 0.15) is 10.4 Å². The first-order valence-corrected chi connectivity index (χ1v) is 5.95. The molecule has 2 aromatic rings. The van der Waals surface area contributed by atoms with Crippen LogP contribution in [0.5, 0.6) is 11.8 Å². The Morgan fingerprint density at radius 1 is 1.39 bits per heavy atom. The number of carbonyl (C=O) groups excluding carboxylic acids is 1. The molecule has 1 unspecified atom stereocenters. The molecule has 2 rings (SSSR count). The highest BCUT2D eigenvalue weighted by Crippen LogP contribution is 2.28. The van der Waals surface area contributed by atoms with Crippen LogP contribution in [0.4, 0.5) is 0 Å². The number of amides is 1. The van der Waals surface area contributed by atoms with Crippen molar-refractivity contribution < 1.29 is 15.0 Å². The molecule has 1 aromatic carbocycles. The van der Waals surface area contributed by atoms with E-state index in [1.165, 1.54) is 30.3 Å². The van der Waals surface area contributed by atoms with E-state index in [4.69, 9.17) is 14.6 Å². The first-order chi connectivity index (χ1) is 8.91. The Labute approximate surface area is 108 Å². The maximum absolute atomic E-state index is 11.0. The van der Waals surface area contributed by atoms with E-state index >= 15 is 0 Å². The molecule has 1 amide bonds. The van der Waals surface area contributed by atoms with Gasteiger partial charge >= 0.3 is 0 Å². The van der Waals surface area contributed by atoms with Crippen LogP contribution in [0, 0.1) is 0 Å². The lowest BCUT2D eigenvalue weighted by Gasteiger charge is -2.07. The van der Waals surface area contributed by atoms with Gasteiger partial charge in [0, 0.05) is 16.9 Å². The average Bonchev–Trinajstić information content (AvgIpc) is 2.65. The zero-order valence-corrected chi connectivity index (χ0v) is 10.1. The molecule has 1 aromatic heterocycles. The number of hydrogen-bond acceptors (Lipinski definition) is 3. The number of carbonyl (C=O) groups is 1. The smallest absolute Gasteiger partial charge is 0.248 e. The van der Waals surface area contributed by atoms with Crippen molar-refractivity contribution >= 4 is 27.2 Å². The number of benzene rings is 1. The first kappa shape index (κ1) is 11.2. The summed E-state index contributed by atoms with van der Waals surface area (Å²) < 4.78 is 8.56. The lowest BCUT2D eigenvalue weighted by atomic mass is 10.2. The van der Waals surface area contributed by atoms with Crippen LogP contribution in [0.2, 0.25) is 0 Å². The lowest BCUT2D eigenvalue weighted by molar-refractivity contribution is 0.100. The molecule has 90 valence electrons. The Balaban J connectivity index is 2.50. The zero-order chi connectivity index (χ0) is 14.2. The molecule has 2 radical (unpaired) electrons. The molecular formula is C11H10BN2O3P. The van der Waals surface area contributed by atoms with Crippen LogP contribution >= 0.6 is 8.40 Å². The van der Waals surface area contributed by atoms with Crippen molar-refractivity contribution in [2.45, 2.75) is 0 Å². The van der Waals surface area contributed by atoms with Crippen LogP contribution in [-0.2, 0) is 0 Å². The van der Waals surface area contributed by atoms with Gasteiger partial charge in [-0.25, -0.2) is 0 Å². The van der Waals surface area contributed by atoms with Crippen molar-refractivity contribution in [1.29, 1.82) is 1.28 Å². The highest BCUT2D eigenvalue weighted by Gasteiger charge is 2.14. The summed E-state index contributed by atoms with van der Waals surface area (Å²) >= 11 is 0. The lowest BCUT2D eigenvalue weighted by Crippen LogP contribution is -2.10. The van der Waals surface area contributed by atoms with Gasteiger partial charge in [0.25, 0.3) is 0 Å². The fraction of sp³-hybridized carbons (Fsp3) is 0. The van der Waals surface area contributed by atoms with E-state index in [0.29, 0.717) is 11.3 Å². The van der Waals surface area contributed by atoms with Gasteiger partial charge < -0.3 is 15.9 Å². The largest absolute Gasteiger partial charge is 0.494 e. The molecule has 5 nitrogen and oxygen atoms in total. The number of primary amides is 1. The third-order valence-electron chi connectivity index (χ3n) is 2.48. The van der Waals surface area contributed by atoms with Gasteiger partial charge in [0.1, 0.15) is 7.57 Å². The monoisotopic (exact) mass is 261 g/mol. The van der Waals surface area contributed by atoms with Crippen molar-refractivity contribution in [1.82, 2.24) is 4.57 Å². The van der Waals surface area contributed by atoms with Gasteiger partial charge in [-0.2, -0.15) is 0 Å². The molecule has 1 atom stereocenters. The number of rotatable bonds is 3. The van der Waals surface area contributed by atoms with Crippen molar-refractivity contribution in [3.63, 3.8) is 0 Å². The minimum Gasteiger partial charge on any atom is -0.494 e. The predicted molar refractivity (Wildman–Crippen MR) is 71.3 cm³/mol. The van der Waals surface area contributed by atoms with E-state index < -0.39 is 14.3 Å². The fourth-order valence-electron chi connectivity index (χ4n) is 1.60. The maximum Gasteiger partial charge on any atom is 0.248 e. The molecule has 0 fully saturated rings. The molecule has 0 aliphatic carbocycles. The Bertz CT molecular complexity index is 628. The molecular weight excluding hydrogens is 250 g/mol. The van der Waals surface area contributed by atoms with Crippen LogP contribution < -0.4 is 11.0 Å².